The lowest BCUT2D eigenvalue weighted by molar-refractivity contribution is 0.687. The molecular formula is C11H13N3OS. The van der Waals surface area contributed by atoms with E-state index in [1.807, 2.05) is 24.3 Å². The molecule has 0 fully saturated rings. The largest absolute Gasteiger partial charge is 0.382 e. The molecule has 0 bridgehead atoms. The van der Waals surface area contributed by atoms with E-state index in [2.05, 4.69) is 15.5 Å². The number of nitrogens with zero attached hydrogens (tertiary/aromatic N) is 2. The van der Waals surface area contributed by atoms with Crippen molar-refractivity contribution in [1.82, 2.24) is 10.2 Å². The summed E-state index contributed by atoms with van der Waals surface area (Å²) in [6, 6.07) is 7.82. The fourth-order valence-corrected chi connectivity index (χ4v) is 1.87. The maximum absolute atomic E-state index is 10.9. The van der Waals surface area contributed by atoms with Crippen LogP contribution in [0.3, 0.4) is 0 Å². The van der Waals surface area contributed by atoms with Crippen molar-refractivity contribution < 1.29 is 4.21 Å². The maximum Gasteiger partial charge on any atom is 0.0950 e. The molecule has 1 N–H and O–H groups in total. The van der Waals surface area contributed by atoms with Gasteiger partial charge in [0, 0.05) is 34.7 Å². The number of fused-ring (bicyclic) bond motifs is 1. The van der Waals surface area contributed by atoms with Crippen LogP contribution in [0.25, 0.3) is 10.9 Å². The SMILES string of the molecule is CS(=O)CCNc1cnnc2ccccc12. The monoisotopic (exact) mass is 235 g/mol. The maximum atomic E-state index is 10.9. The molecule has 2 rings (SSSR count). The molecular weight excluding hydrogens is 222 g/mol. The number of hydrogen-bond donors (Lipinski definition) is 1. The van der Waals surface area contributed by atoms with E-state index in [4.69, 9.17) is 0 Å². The molecule has 1 aromatic carbocycles. The molecule has 0 aliphatic rings. The first kappa shape index (κ1) is 11.0. The Bertz CT molecular complexity index is 510. The fraction of sp³-hybridized carbons (Fsp3) is 0.273. The van der Waals surface area contributed by atoms with Crippen molar-refractivity contribution in [2.24, 2.45) is 0 Å². The molecule has 0 aliphatic carbocycles. The van der Waals surface area contributed by atoms with Gasteiger partial charge in [-0.2, -0.15) is 10.2 Å². The van der Waals surface area contributed by atoms with Gasteiger partial charge in [-0.25, -0.2) is 0 Å². The number of nitrogens with one attached hydrogen (secondary N) is 1. The Labute approximate surface area is 96.5 Å². The molecule has 4 nitrogen and oxygen atoms in total. The third-order valence-electron chi connectivity index (χ3n) is 2.25. The molecule has 0 spiro atoms. The van der Waals surface area contributed by atoms with Gasteiger partial charge in [-0.15, -0.1) is 0 Å². The second-order valence-electron chi connectivity index (χ2n) is 3.48. The molecule has 1 heterocycles. The van der Waals surface area contributed by atoms with Crippen molar-refractivity contribution in [3.05, 3.63) is 30.5 Å². The molecule has 0 saturated heterocycles. The lowest BCUT2D eigenvalue weighted by Gasteiger charge is -2.07. The highest BCUT2D eigenvalue weighted by Crippen LogP contribution is 2.19. The fourth-order valence-electron chi connectivity index (χ4n) is 1.48. The van der Waals surface area contributed by atoms with E-state index in [1.54, 1.807) is 12.5 Å². The van der Waals surface area contributed by atoms with E-state index in [-0.39, 0.29) is 0 Å². The Morgan fingerprint density at radius 1 is 1.38 bits per heavy atom. The predicted molar refractivity (Wildman–Crippen MR) is 67.0 cm³/mol. The van der Waals surface area contributed by atoms with Crippen molar-refractivity contribution in [1.29, 1.82) is 0 Å². The van der Waals surface area contributed by atoms with Gasteiger partial charge in [-0.3, -0.25) is 4.21 Å². The summed E-state index contributed by atoms with van der Waals surface area (Å²) in [7, 11) is -0.771. The van der Waals surface area contributed by atoms with Crippen molar-refractivity contribution in [2.75, 3.05) is 23.9 Å². The Kier molecular flexibility index (Phi) is 3.46. The first-order valence-electron chi connectivity index (χ1n) is 5.01. The molecule has 0 radical (unpaired) electrons. The van der Waals surface area contributed by atoms with Crippen LogP contribution in [-0.2, 0) is 10.8 Å². The van der Waals surface area contributed by atoms with Gasteiger partial charge in [-0.05, 0) is 6.07 Å². The third-order valence-corrected chi connectivity index (χ3v) is 3.03. The Balaban J connectivity index is 2.20. The quantitative estimate of drug-likeness (QED) is 0.870. The minimum Gasteiger partial charge on any atom is -0.382 e. The lowest BCUT2D eigenvalue weighted by Crippen LogP contribution is -2.10. The lowest BCUT2D eigenvalue weighted by atomic mass is 10.2. The topological polar surface area (TPSA) is 54.9 Å². The van der Waals surface area contributed by atoms with Crippen LogP contribution in [0.5, 0.6) is 0 Å². The summed E-state index contributed by atoms with van der Waals surface area (Å²) < 4.78 is 10.9. The van der Waals surface area contributed by atoms with Gasteiger partial charge in [0.25, 0.3) is 0 Å². The van der Waals surface area contributed by atoms with E-state index in [1.165, 1.54) is 0 Å². The zero-order chi connectivity index (χ0) is 11.4. The highest BCUT2D eigenvalue weighted by atomic mass is 32.2. The van der Waals surface area contributed by atoms with E-state index in [9.17, 15) is 4.21 Å². The molecule has 2 aromatic rings. The summed E-state index contributed by atoms with van der Waals surface area (Å²) in [6.07, 6.45) is 3.39. The molecule has 1 aromatic heterocycles. The Morgan fingerprint density at radius 2 is 2.19 bits per heavy atom. The molecule has 0 amide bonds. The molecule has 5 heteroatoms. The molecule has 0 aliphatic heterocycles. The van der Waals surface area contributed by atoms with Crippen LogP contribution in [0.1, 0.15) is 0 Å². The molecule has 16 heavy (non-hydrogen) atoms. The van der Waals surface area contributed by atoms with Crippen LogP contribution in [0.15, 0.2) is 30.5 Å². The van der Waals surface area contributed by atoms with Crippen LogP contribution in [0, 0.1) is 0 Å². The molecule has 1 unspecified atom stereocenters. The van der Waals surface area contributed by atoms with E-state index < -0.39 is 10.8 Å². The second-order valence-corrected chi connectivity index (χ2v) is 5.03. The average molecular weight is 235 g/mol. The van der Waals surface area contributed by atoms with Gasteiger partial charge in [-0.1, -0.05) is 18.2 Å². The zero-order valence-corrected chi connectivity index (χ0v) is 9.83. The smallest absolute Gasteiger partial charge is 0.0950 e. The summed E-state index contributed by atoms with van der Waals surface area (Å²) >= 11 is 0. The zero-order valence-electron chi connectivity index (χ0n) is 9.01. The highest BCUT2D eigenvalue weighted by Gasteiger charge is 2.01. The molecule has 84 valence electrons. The van der Waals surface area contributed by atoms with Gasteiger partial charge >= 0.3 is 0 Å². The minimum absolute atomic E-state index is 0.636. The van der Waals surface area contributed by atoms with Crippen molar-refractivity contribution in [3.8, 4) is 0 Å². The predicted octanol–water partition coefficient (Wildman–Crippen LogP) is 1.42. The number of anilines is 1. The standard InChI is InChI=1S/C11H13N3OS/c1-16(15)7-6-12-11-8-13-14-10-5-3-2-4-9(10)11/h2-5,8H,6-7H2,1H3,(H,12,14). The third kappa shape index (κ3) is 2.55. The first-order chi connectivity index (χ1) is 7.77. The molecule has 1 atom stereocenters. The van der Waals surface area contributed by atoms with Crippen molar-refractivity contribution >= 4 is 27.4 Å². The van der Waals surface area contributed by atoms with Crippen LogP contribution < -0.4 is 5.32 Å². The van der Waals surface area contributed by atoms with Gasteiger partial charge in [0.2, 0.25) is 0 Å². The van der Waals surface area contributed by atoms with Crippen molar-refractivity contribution in [2.45, 2.75) is 0 Å². The molecule has 0 saturated carbocycles. The summed E-state index contributed by atoms with van der Waals surface area (Å²) in [4.78, 5) is 0. The van der Waals surface area contributed by atoms with E-state index >= 15 is 0 Å². The van der Waals surface area contributed by atoms with Crippen molar-refractivity contribution in [3.63, 3.8) is 0 Å². The van der Waals surface area contributed by atoms with Gasteiger partial charge < -0.3 is 5.32 Å². The van der Waals surface area contributed by atoms with Gasteiger partial charge in [0.1, 0.15) is 0 Å². The number of hydrogen-bond acceptors (Lipinski definition) is 4. The Morgan fingerprint density at radius 3 is 3.00 bits per heavy atom. The summed E-state index contributed by atoms with van der Waals surface area (Å²) in [5.41, 5.74) is 1.81. The van der Waals surface area contributed by atoms with Crippen LogP contribution in [0.2, 0.25) is 0 Å². The second kappa shape index (κ2) is 5.03. The van der Waals surface area contributed by atoms with Crippen LogP contribution in [-0.4, -0.2) is 33.0 Å². The van der Waals surface area contributed by atoms with Gasteiger partial charge in [0.15, 0.2) is 0 Å². The number of rotatable bonds is 4. The Hall–Kier alpha value is -1.49. The highest BCUT2D eigenvalue weighted by molar-refractivity contribution is 7.84. The minimum atomic E-state index is -0.771. The van der Waals surface area contributed by atoms with Gasteiger partial charge in [0.05, 0.1) is 17.4 Å². The average Bonchev–Trinajstić information content (AvgIpc) is 2.29. The van der Waals surface area contributed by atoms with E-state index in [0.717, 1.165) is 16.6 Å². The first-order valence-corrected chi connectivity index (χ1v) is 6.74. The number of aromatic nitrogens is 2. The number of benzene rings is 1. The summed E-state index contributed by atoms with van der Waals surface area (Å²) in [6.45, 7) is 0.679. The normalized spacial score (nSPS) is 12.6. The summed E-state index contributed by atoms with van der Waals surface area (Å²) in [5.74, 6) is 0.636. The van der Waals surface area contributed by atoms with Crippen LogP contribution in [0.4, 0.5) is 5.69 Å². The summed E-state index contributed by atoms with van der Waals surface area (Å²) in [5, 5.41) is 12.2. The van der Waals surface area contributed by atoms with E-state index in [0.29, 0.717) is 12.3 Å². The van der Waals surface area contributed by atoms with Crippen LogP contribution >= 0.6 is 0 Å².